The normalized spacial score (nSPS) is 16.1. The van der Waals surface area contributed by atoms with E-state index in [9.17, 15) is 8.42 Å². The summed E-state index contributed by atoms with van der Waals surface area (Å²) in [5, 5.41) is 0. The Morgan fingerprint density at radius 3 is 2.76 bits per heavy atom. The van der Waals surface area contributed by atoms with Crippen LogP contribution in [0.2, 0.25) is 0 Å². The third-order valence-corrected chi connectivity index (χ3v) is 7.03. The molecule has 2 aromatic carbocycles. The smallest absolute Gasteiger partial charge is 0.203 e. The zero-order valence-electron chi connectivity index (χ0n) is 16.5. The highest BCUT2D eigenvalue weighted by molar-refractivity contribution is 7.91. The van der Waals surface area contributed by atoms with E-state index < -0.39 is 9.84 Å². The van der Waals surface area contributed by atoms with E-state index in [1.54, 1.807) is 24.3 Å². The van der Waals surface area contributed by atoms with Crippen LogP contribution < -0.4 is 9.64 Å². The largest absolute Gasteiger partial charge is 0.497 e. The van der Waals surface area contributed by atoms with Crippen molar-refractivity contribution in [3.63, 3.8) is 0 Å². The number of aromatic amines is 1. The van der Waals surface area contributed by atoms with Crippen molar-refractivity contribution >= 4 is 26.8 Å². The van der Waals surface area contributed by atoms with E-state index in [1.807, 2.05) is 24.3 Å². The number of hydrogen-bond acceptors (Lipinski definition) is 6. The first-order valence-electron chi connectivity index (χ1n) is 9.84. The van der Waals surface area contributed by atoms with E-state index in [1.165, 1.54) is 7.11 Å². The van der Waals surface area contributed by atoms with E-state index in [0.29, 0.717) is 17.2 Å². The summed E-state index contributed by atoms with van der Waals surface area (Å²) in [6.45, 7) is 3.93. The molecule has 154 valence electrons. The van der Waals surface area contributed by atoms with Gasteiger partial charge in [-0.25, -0.2) is 13.4 Å². The Morgan fingerprint density at radius 2 is 1.93 bits per heavy atom. The first-order valence-corrected chi connectivity index (χ1v) is 11.5. The van der Waals surface area contributed by atoms with Gasteiger partial charge in [0.2, 0.25) is 5.95 Å². The standard InChI is InChI=1S/C21H26N4O3S/c1-28-17-6-4-7-18(16-17)29(26,27)15-14-24-10-5-11-25(13-12-24)21-22-19-8-2-3-9-20(19)23-21/h2-4,6-9,16H,5,10-15H2,1H3,(H,22,23). The molecule has 0 amide bonds. The minimum absolute atomic E-state index is 0.102. The fourth-order valence-electron chi connectivity index (χ4n) is 3.66. The molecule has 0 saturated carbocycles. The van der Waals surface area contributed by atoms with Crippen molar-refractivity contribution in [3.05, 3.63) is 48.5 Å². The van der Waals surface area contributed by atoms with Gasteiger partial charge in [-0.2, -0.15) is 0 Å². The van der Waals surface area contributed by atoms with Crippen LogP contribution in [0.3, 0.4) is 0 Å². The molecule has 1 fully saturated rings. The number of para-hydroxylation sites is 2. The Bertz CT molecular complexity index is 1050. The predicted octanol–water partition coefficient (Wildman–Crippen LogP) is 2.56. The van der Waals surface area contributed by atoms with Crippen LogP contribution in [0.1, 0.15) is 6.42 Å². The lowest BCUT2D eigenvalue weighted by atomic mass is 10.3. The molecule has 2 heterocycles. The van der Waals surface area contributed by atoms with Gasteiger partial charge < -0.3 is 19.5 Å². The van der Waals surface area contributed by atoms with Gasteiger partial charge in [0.15, 0.2) is 9.84 Å². The number of rotatable bonds is 6. The number of H-pyrrole nitrogens is 1. The molecule has 0 radical (unpaired) electrons. The zero-order chi connectivity index (χ0) is 20.3. The lowest BCUT2D eigenvalue weighted by Gasteiger charge is -2.21. The molecule has 0 atom stereocenters. The van der Waals surface area contributed by atoms with Crippen LogP contribution >= 0.6 is 0 Å². The molecule has 0 bridgehead atoms. The highest BCUT2D eigenvalue weighted by atomic mass is 32.2. The minimum Gasteiger partial charge on any atom is -0.497 e. The number of methoxy groups -OCH3 is 1. The second-order valence-electron chi connectivity index (χ2n) is 7.26. The van der Waals surface area contributed by atoms with Crippen molar-refractivity contribution in [1.82, 2.24) is 14.9 Å². The van der Waals surface area contributed by atoms with Gasteiger partial charge in [0.1, 0.15) is 5.75 Å². The summed E-state index contributed by atoms with van der Waals surface area (Å²) in [6, 6.07) is 14.7. The maximum atomic E-state index is 12.7. The summed E-state index contributed by atoms with van der Waals surface area (Å²) >= 11 is 0. The van der Waals surface area contributed by atoms with Gasteiger partial charge in [0.25, 0.3) is 0 Å². The number of benzene rings is 2. The Kier molecular flexibility index (Phi) is 5.73. The molecular weight excluding hydrogens is 388 g/mol. The van der Waals surface area contributed by atoms with Crippen LogP contribution in [0.5, 0.6) is 5.75 Å². The maximum Gasteiger partial charge on any atom is 0.203 e. The van der Waals surface area contributed by atoms with E-state index in [4.69, 9.17) is 4.74 Å². The number of aromatic nitrogens is 2. The van der Waals surface area contributed by atoms with E-state index in [0.717, 1.165) is 49.6 Å². The molecule has 1 saturated heterocycles. The van der Waals surface area contributed by atoms with Crippen molar-refractivity contribution in [2.24, 2.45) is 0 Å². The Balaban J connectivity index is 1.37. The number of fused-ring (bicyclic) bond motifs is 1. The molecule has 0 aliphatic carbocycles. The number of nitrogens with one attached hydrogen (secondary N) is 1. The number of ether oxygens (including phenoxy) is 1. The Labute approximate surface area is 171 Å². The molecule has 1 aliphatic rings. The zero-order valence-corrected chi connectivity index (χ0v) is 17.4. The number of nitrogens with zero attached hydrogens (tertiary/aromatic N) is 3. The van der Waals surface area contributed by atoms with Crippen molar-refractivity contribution in [1.29, 1.82) is 0 Å². The van der Waals surface area contributed by atoms with E-state index >= 15 is 0 Å². The lowest BCUT2D eigenvalue weighted by Crippen LogP contribution is -2.34. The lowest BCUT2D eigenvalue weighted by molar-refractivity contribution is 0.310. The molecule has 0 spiro atoms. The van der Waals surface area contributed by atoms with Crippen LogP contribution in [0, 0.1) is 0 Å². The summed E-state index contributed by atoms with van der Waals surface area (Å²) in [6.07, 6.45) is 0.969. The first-order chi connectivity index (χ1) is 14.0. The number of anilines is 1. The molecule has 29 heavy (non-hydrogen) atoms. The molecular formula is C21H26N4O3S. The fourth-order valence-corrected chi connectivity index (χ4v) is 4.97. The quantitative estimate of drug-likeness (QED) is 0.668. The molecule has 1 aliphatic heterocycles. The molecule has 7 nitrogen and oxygen atoms in total. The monoisotopic (exact) mass is 414 g/mol. The van der Waals surface area contributed by atoms with Crippen molar-refractivity contribution in [2.45, 2.75) is 11.3 Å². The molecule has 1 N–H and O–H groups in total. The van der Waals surface area contributed by atoms with Crippen LogP contribution in [-0.4, -0.2) is 68.9 Å². The average molecular weight is 415 g/mol. The van der Waals surface area contributed by atoms with Crippen LogP contribution in [0.15, 0.2) is 53.4 Å². The van der Waals surface area contributed by atoms with E-state index in [2.05, 4.69) is 19.8 Å². The number of sulfone groups is 1. The highest BCUT2D eigenvalue weighted by Gasteiger charge is 2.21. The van der Waals surface area contributed by atoms with Gasteiger partial charge in [-0.15, -0.1) is 0 Å². The highest BCUT2D eigenvalue weighted by Crippen LogP contribution is 2.20. The topological polar surface area (TPSA) is 78.5 Å². The molecule has 0 unspecified atom stereocenters. The van der Waals surface area contributed by atoms with Crippen molar-refractivity contribution < 1.29 is 13.2 Å². The third-order valence-electron chi connectivity index (χ3n) is 5.34. The Hall–Kier alpha value is -2.58. The minimum atomic E-state index is -3.34. The van der Waals surface area contributed by atoms with Gasteiger partial charge in [0, 0.05) is 26.2 Å². The van der Waals surface area contributed by atoms with Crippen LogP contribution in [-0.2, 0) is 9.84 Å². The third kappa shape index (κ3) is 4.54. The molecule has 1 aromatic heterocycles. The molecule has 8 heteroatoms. The molecule has 3 aromatic rings. The van der Waals surface area contributed by atoms with Crippen LogP contribution in [0.25, 0.3) is 11.0 Å². The van der Waals surface area contributed by atoms with E-state index in [-0.39, 0.29) is 5.75 Å². The maximum absolute atomic E-state index is 12.7. The fraction of sp³-hybridized carbons (Fsp3) is 0.381. The van der Waals surface area contributed by atoms with Gasteiger partial charge in [-0.3, -0.25) is 0 Å². The second kappa shape index (κ2) is 8.42. The van der Waals surface area contributed by atoms with Crippen LogP contribution in [0.4, 0.5) is 5.95 Å². The summed E-state index contributed by atoms with van der Waals surface area (Å²) < 4.78 is 30.6. The number of imidazole rings is 1. The molecule has 4 rings (SSSR count). The SMILES string of the molecule is COc1cccc(S(=O)(=O)CCN2CCCN(c3nc4ccccc4[nH]3)CC2)c1. The summed E-state index contributed by atoms with van der Waals surface area (Å²) in [5.74, 6) is 1.55. The predicted molar refractivity (Wildman–Crippen MR) is 114 cm³/mol. The number of hydrogen-bond donors (Lipinski definition) is 1. The second-order valence-corrected chi connectivity index (χ2v) is 9.37. The Morgan fingerprint density at radius 1 is 1.07 bits per heavy atom. The summed E-state index contributed by atoms with van der Waals surface area (Å²) in [7, 11) is -1.80. The van der Waals surface area contributed by atoms with Crippen molar-refractivity contribution in [2.75, 3.05) is 50.5 Å². The van der Waals surface area contributed by atoms with Gasteiger partial charge >= 0.3 is 0 Å². The van der Waals surface area contributed by atoms with Gasteiger partial charge in [-0.05, 0) is 43.3 Å². The average Bonchev–Trinajstić information content (AvgIpc) is 3.03. The first kappa shape index (κ1) is 19.7. The van der Waals surface area contributed by atoms with Gasteiger partial charge in [0.05, 0.1) is 28.8 Å². The summed E-state index contributed by atoms with van der Waals surface area (Å²) in [5.41, 5.74) is 2.00. The summed E-state index contributed by atoms with van der Waals surface area (Å²) in [4.78, 5) is 12.9. The van der Waals surface area contributed by atoms with Gasteiger partial charge in [-0.1, -0.05) is 18.2 Å². The van der Waals surface area contributed by atoms with Crippen molar-refractivity contribution in [3.8, 4) is 5.75 Å².